The Bertz CT molecular complexity index is 3330. The number of aliphatic imine (C=N–C) groups is 1. The SMILES string of the molecule is CCCC(=O)CC(CCCCNC(C)=O)C(=O)CC(CCCN=C(N)N)C(=O)CC(CC(N)=O)C(=O)CC(CC(N)=O)C(=O)CC(Cc1ccccc1)C(=O)CC(CCCCNC(C)=O)C(=O)CC(C(=O)CC(CCC(=O)O)C(=O)CC(CCC(=O)O)C(=O)CC(Cc1ccc(O)cc1)C(C)=O)C(C)O. The average molecular weight is 1470 g/mol. The number of aromatic hydroxyl groups is 1. The molecule has 0 saturated heterocycles. The van der Waals surface area contributed by atoms with Gasteiger partial charge in [0.1, 0.15) is 69.4 Å². The van der Waals surface area contributed by atoms with Crippen LogP contribution in [0.15, 0.2) is 59.6 Å². The third kappa shape index (κ3) is 38.8. The number of ketones is 11. The molecule has 0 aromatic heterocycles. The molecule has 0 aliphatic carbocycles. The van der Waals surface area contributed by atoms with Gasteiger partial charge < -0.3 is 54.0 Å². The summed E-state index contributed by atoms with van der Waals surface area (Å²) in [5.74, 6) is -25.0. The van der Waals surface area contributed by atoms with Crippen LogP contribution < -0.4 is 33.6 Å². The van der Waals surface area contributed by atoms with Gasteiger partial charge in [-0.25, -0.2) is 0 Å². The largest absolute Gasteiger partial charge is 0.508 e. The second-order valence-electron chi connectivity index (χ2n) is 27.9. The number of Topliss-reactive ketones (excluding diaryl/α,β-unsaturated/α-hetero) is 11. The summed E-state index contributed by atoms with van der Waals surface area (Å²) in [4.78, 5) is 233. The molecule has 2 aromatic rings. The predicted molar refractivity (Wildman–Crippen MR) is 387 cm³/mol. The summed E-state index contributed by atoms with van der Waals surface area (Å²) in [5.41, 5.74) is 23.6. The molecular weight excluding hydrogens is 1360 g/mol. The molecule has 11 unspecified atom stereocenters. The molecular formula is C77H111N7O21. The molecule has 105 heavy (non-hydrogen) atoms. The maximum Gasteiger partial charge on any atom is 0.303 e. The Kier molecular flexibility index (Phi) is 43.2. The van der Waals surface area contributed by atoms with E-state index < -0.39 is 225 Å². The van der Waals surface area contributed by atoms with Crippen molar-refractivity contribution in [1.82, 2.24) is 10.6 Å². The summed E-state index contributed by atoms with van der Waals surface area (Å²) in [5, 5.41) is 45.7. The highest BCUT2D eigenvalue weighted by molar-refractivity contribution is 6.00. The molecule has 0 aliphatic rings. The second-order valence-corrected chi connectivity index (χ2v) is 27.9. The highest BCUT2D eigenvalue weighted by atomic mass is 16.4. The molecule has 0 bridgehead atoms. The van der Waals surface area contributed by atoms with Crippen molar-refractivity contribution in [3.8, 4) is 5.75 Å². The van der Waals surface area contributed by atoms with E-state index in [0.717, 1.165) is 0 Å². The Hall–Kier alpha value is -9.34. The molecule has 0 saturated carbocycles. The van der Waals surface area contributed by atoms with Crippen LogP contribution >= 0.6 is 0 Å². The lowest BCUT2D eigenvalue weighted by atomic mass is 9.77. The van der Waals surface area contributed by atoms with E-state index in [0.29, 0.717) is 43.4 Å². The fourth-order valence-corrected chi connectivity index (χ4v) is 13.0. The van der Waals surface area contributed by atoms with Crippen molar-refractivity contribution in [3.05, 3.63) is 65.7 Å². The maximum atomic E-state index is 15.0. The normalized spacial score (nSPS) is 14.3. The fourth-order valence-electron chi connectivity index (χ4n) is 13.0. The number of carboxylic acid groups (broad SMARTS) is 2. The van der Waals surface area contributed by atoms with Crippen molar-refractivity contribution in [2.45, 2.75) is 221 Å². The number of primary amides is 2. The number of benzene rings is 2. The van der Waals surface area contributed by atoms with Crippen molar-refractivity contribution in [2.24, 2.45) is 87.1 Å². The van der Waals surface area contributed by atoms with E-state index in [1.807, 2.05) is 6.92 Å². The first kappa shape index (κ1) is 91.7. The van der Waals surface area contributed by atoms with Crippen molar-refractivity contribution in [2.75, 3.05) is 19.6 Å². The van der Waals surface area contributed by atoms with Gasteiger partial charge in [-0.2, -0.15) is 0 Å². The number of phenolic OH excluding ortho intramolecular Hbond substituents is 1. The third-order valence-electron chi connectivity index (χ3n) is 19.0. The number of phenols is 1. The number of carboxylic acids is 2. The number of hydrogen-bond acceptors (Lipinski definition) is 20. The van der Waals surface area contributed by atoms with E-state index >= 15 is 4.79 Å². The van der Waals surface area contributed by atoms with E-state index in [4.69, 9.17) is 22.9 Å². The van der Waals surface area contributed by atoms with Gasteiger partial charge in [-0.1, -0.05) is 62.2 Å². The lowest BCUT2D eigenvalue weighted by Crippen LogP contribution is -2.35. The molecule has 0 spiro atoms. The third-order valence-corrected chi connectivity index (χ3v) is 19.0. The zero-order valence-corrected chi connectivity index (χ0v) is 61.5. The monoisotopic (exact) mass is 1470 g/mol. The minimum absolute atomic E-state index is 0.0302. The first-order valence-electron chi connectivity index (χ1n) is 36.3. The fraction of sp³-hybridized carbons (Fsp3) is 0.610. The number of carbonyl (C=O) groups is 17. The summed E-state index contributed by atoms with van der Waals surface area (Å²) < 4.78 is 0. The maximum absolute atomic E-state index is 15.0. The lowest BCUT2D eigenvalue weighted by molar-refractivity contribution is -0.141. The number of rotatable bonds is 61. The van der Waals surface area contributed by atoms with Crippen LogP contribution in [-0.2, 0) is 94.3 Å². The minimum atomic E-state index is -1.59. The molecule has 28 heteroatoms. The topological polar surface area (TPSA) is 512 Å². The molecule has 4 amide bonds. The Morgan fingerprint density at radius 2 is 0.771 bits per heavy atom. The minimum Gasteiger partial charge on any atom is -0.508 e. The summed E-state index contributed by atoms with van der Waals surface area (Å²) >= 11 is 0. The molecule has 28 nitrogen and oxygen atoms in total. The molecule has 0 fully saturated rings. The van der Waals surface area contributed by atoms with Crippen molar-refractivity contribution in [3.63, 3.8) is 0 Å². The van der Waals surface area contributed by atoms with Crippen LogP contribution in [0.2, 0.25) is 0 Å². The van der Waals surface area contributed by atoms with Gasteiger partial charge in [0.05, 0.1) is 12.0 Å². The number of aliphatic hydroxyl groups is 1. The van der Waals surface area contributed by atoms with E-state index in [9.17, 15) is 97.1 Å². The number of nitrogens with one attached hydrogen (secondary N) is 2. The van der Waals surface area contributed by atoms with Crippen LogP contribution in [0.4, 0.5) is 0 Å². The highest BCUT2D eigenvalue weighted by Crippen LogP contribution is 2.33. The number of aliphatic carboxylic acids is 2. The van der Waals surface area contributed by atoms with Crippen LogP contribution in [0.1, 0.15) is 213 Å². The van der Waals surface area contributed by atoms with Gasteiger partial charge in [0.2, 0.25) is 23.6 Å². The molecule has 0 radical (unpaired) electrons. The highest BCUT2D eigenvalue weighted by Gasteiger charge is 2.39. The molecule has 11 atom stereocenters. The molecule has 580 valence electrons. The van der Waals surface area contributed by atoms with Crippen molar-refractivity contribution < 1.29 is 102 Å². The lowest BCUT2D eigenvalue weighted by Gasteiger charge is -2.26. The van der Waals surface area contributed by atoms with E-state index in [1.165, 1.54) is 39.8 Å². The molecule has 0 aliphatic heterocycles. The summed E-state index contributed by atoms with van der Waals surface area (Å²) in [6.07, 6.45) is -8.02. The first-order valence-corrected chi connectivity index (χ1v) is 36.3. The first-order chi connectivity index (χ1) is 49.5. The Morgan fingerprint density at radius 3 is 1.18 bits per heavy atom. The van der Waals surface area contributed by atoms with Crippen LogP contribution in [0.3, 0.4) is 0 Å². The number of hydrogen-bond donors (Lipinski definition) is 10. The molecule has 2 aromatic carbocycles. The second kappa shape index (κ2) is 49.4. The Morgan fingerprint density at radius 1 is 0.410 bits per heavy atom. The zero-order valence-electron chi connectivity index (χ0n) is 61.5. The van der Waals surface area contributed by atoms with E-state index in [-0.39, 0.29) is 119 Å². The number of nitrogens with two attached hydrogens (primary N) is 4. The number of guanidine groups is 1. The number of aliphatic hydroxyl groups excluding tert-OH is 1. The van der Waals surface area contributed by atoms with Crippen molar-refractivity contribution in [1.29, 1.82) is 0 Å². The molecule has 14 N–H and O–H groups in total. The number of carbonyl (C=O) groups excluding carboxylic acids is 15. The van der Waals surface area contributed by atoms with Gasteiger partial charge >= 0.3 is 11.9 Å². The zero-order chi connectivity index (χ0) is 78.9. The molecule has 2 rings (SSSR count). The Balaban J connectivity index is 2.62. The van der Waals surface area contributed by atoms with Gasteiger partial charge in [-0.15, -0.1) is 0 Å². The van der Waals surface area contributed by atoms with Gasteiger partial charge in [0.15, 0.2) is 5.96 Å². The summed E-state index contributed by atoms with van der Waals surface area (Å²) in [6, 6.07) is 14.3. The quantitative estimate of drug-likeness (QED) is 0.0211. The summed E-state index contributed by atoms with van der Waals surface area (Å²) in [7, 11) is 0. The smallest absolute Gasteiger partial charge is 0.303 e. The molecule has 0 heterocycles. The van der Waals surface area contributed by atoms with Crippen molar-refractivity contribution >= 4 is 105 Å². The average Bonchev–Trinajstić information content (AvgIpc) is 0.854. The van der Waals surface area contributed by atoms with E-state index in [1.54, 1.807) is 42.5 Å². The van der Waals surface area contributed by atoms with Crippen LogP contribution in [0.5, 0.6) is 5.75 Å². The van der Waals surface area contributed by atoms with Crippen LogP contribution in [0, 0.1) is 59.2 Å². The van der Waals surface area contributed by atoms with Gasteiger partial charge in [0.25, 0.3) is 0 Å². The number of nitrogens with zero attached hydrogens (tertiary/aromatic N) is 1. The number of unbranched alkanes of at least 4 members (excludes halogenated alkanes) is 2. The van der Waals surface area contributed by atoms with Crippen LogP contribution in [0.25, 0.3) is 0 Å². The van der Waals surface area contributed by atoms with Gasteiger partial charge in [-0.3, -0.25) is 86.5 Å². The predicted octanol–water partition coefficient (Wildman–Crippen LogP) is 5.85. The van der Waals surface area contributed by atoms with Crippen LogP contribution in [-0.4, -0.2) is 151 Å². The van der Waals surface area contributed by atoms with Gasteiger partial charge in [0, 0.05) is 183 Å². The Labute approximate surface area is 613 Å². The van der Waals surface area contributed by atoms with E-state index in [2.05, 4.69) is 15.6 Å². The summed E-state index contributed by atoms with van der Waals surface area (Å²) in [6.45, 7) is 7.50. The number of amides is 4. The van der Waals surface area contributed by atoms with Gasteiger partial charge in [-0.05, 0) is 108 Å². The standard InChI is InChI=1S/C77H111N7O21/c1-6-15-62(90)34-52(18-10-12-29-82-48(4)87)64(91)35-54(20-14-31-84-77(80)81)67(94)41-59(43-73(78)100)70(97)42-60(44-74(79)101)69(96)40-58(33-50-16-8-7-9-17-50)68(95)36-53(19-11-13-30-83-49(5)88)71(98)45-63(47(3)86)72(99)38-56(24-28-76(104)105)65(92)37-55(23-27-75(102)103)66(93)39-57(46(2)85)32-51-21-25-61(89)26-22-51/h7-9,16-17,21-22,25-26,47,52-60,63,86,89H,6,10-15,18-20,23-24,27-45H2,1-5H3,(H2,78,100)(H2,79,101)(H,82,87)(H,83,88)(H,102,103)(H,104,105)(H4,80,81,84).